The summed E-state index contributed by atoms with van der Waals surface area (Å²) in [6.07, 6.45) is 6.58. The van der Waals surface area contributed by atoms with Crippen LogP contribution in [0.1, 0.15) is 17.2 Å². The smallest absolute Gasteiger partial charge is 0.193 e. The molecule has 2 aromatic heterocycles. The molecule has 0 aliphatic rings. The van der Waals surface area contributed by atoms with E-state index in [9.17, 15) is 0 Å². The standard InChI is InChI=1S/C25H29N7/c1-26-25(31(2)19-23-29-17-22(30-23)21-11-7-4-8-12-21)28-14-13-24-27-15-16-32(24)18-20-9-5-3-6-10-20/h3-12,15-17H,13-14,18-19H2,1-2H3,(H,26,28)(H,29,30). The van der Waals surface area contributed by atoms with Gasteiger partial charge in [-0.05, 0) is 11.1 Å². The van der Waals surface area contributed by atoms with E-state index in [1.165, 1.54) is 5.56 Å². The van der Waals surface area contributed by atoms with Crippen LogP contribution in [0.15, 0.2) is 84.2 Å². The topological polar surface area (TPSA) is 74.1 Å². The normalized spacial score (nSPS) is 11.5. The van der Waals surface area contributed by atoms with Crippen LogP contribution in [0.2, 0.25) is 0 Å². The largest absolute Gasteiger partial charge is 0.356 e. The average molecular weight is 428 g/mol. The minimum atomic E-state index is 0.634. The summed E-state index contributed by atoms with van der Waals surface area (Å²) in [7, 11) is 3.81. The lowest BCUT2D eigenvalue weighted by molar-refractivity contribution is 0.464. The monoisotopic (exact) mass is 427 g/mol. The summed E-state index contributed by atoms with van der Waals surface area (Å²) in [4.78, 5) is 18.9. The molecule has 0 unspecified atom stereocenters. The molecule has 0 radical (unpaired) electrons. The minimum Gasteiger partial charge on any atom is -0.356 e. The van der Waals surface area contributed by atoms with Crippen LogP contribution in [0, 0.1) is 0 Å². The molecule has 4 aromatic rings. The van der Waals surface area contributed by atoms with E-state index in [1.54, 1.807) is 7.05 Å². The Morgan fingerprint density at radius 2 is 1.81 bits per heavy atom. The number of aliphatic imine (C=N–C) groups is 1. The molecule has 0 saturated heterocycles. The SMILES string of the molecule is CN=C(NCCc1nccn1Cc1ccccc1)N(C)Cc1ncc(-c2ccccc2)[nH]1. The van der Waals surface area contributed by atoms with Crippen molar-refractivity contribution in [2.45, 2.75) is 19.5 Å². The highest BCUT2D eigenvalue weighted by Crippen LogP contribution is 2.16. The molecule has 0 fully saturated rings. The first-order valence-electron chi connectivity index (χ1n) is 10.8. The van der Waals surface area contributed by atoms with E-state index >= 15 is 0 Å². The highest BCUT2D eigenvalue weighted by atomic mass is 15.3. The first-order valence-corrected chi connectivity index (χ1v) is 10.8. The Balaban J connectivity index is 1.30. The number of hydrogen-bond donors (Lipinski definition) is 2. The van der Waals surface area contributed by atoms with Crippen molar-refractivity contribution in [1.29, 1.82) is 0 Å². The second-order valence-corrected chi connectivity index (χ2v) is 7.65. The van der Waals surface area contributed by atoms with E-state index in [0.29, 0.717) is 6.54 Å². The molecule has 2 aromatic carbocycles. The molecule has 0 aliphatic carbocycles. The highest BCUT2D eigenvalue weighted by Gasteiger charge is 2.11. The van der Waals surface area contributed by atoms with Crippen LogP contribution in [0.25, 0.3) is 11.3 Å². The first kappa shape index (κ1) is 21.4. The summed E-state index contributed by atoms with van der Waals surface area (Å²) in [5.74, 6) is 2.77. The molecule has 0 spiro atoms. The van der Waals surface area contributed by atoms with Crippen molar-refractivity contribution in [3.63, 3.8) is 0 Å². The van der Waals surface area contributed by atoms with Crippen molar-refractivity contribution in [2.75, 3.05) is 20.6 Å². The van der Waals surface area contributed by atoms with Gasteiger partial charge in [0.2, 0.25) is 0 Å². The Bertz CT molecular complexity index is 1130. The van der Waals surface area contributed by atoms with Crippen molar-refractivity contribution in [3.8, 4) is 11.3 Å². The fourth-order valence-corrected chi connectivity index (χ4v) is 3.67. The van der Waals surface area contributed by atoms with Crippen molar-refractivity contribution >= 4 is 5.96 Å². The fourth-order valence-electron chi connectivity index (χ4n) is 3.67. The van der Waals surface area contributed by atoms with E-state index in [-0.39, 0.29) is 0 Å². The van der Waals surface area contributed by atoms with Crippen LogP contribution >= 0.6 is 0 Å². The van der Waals surface area contributed by atoms with Gasteiger partial charge in [-0.3, -0.25) is 4.99 Å². The molecular weight excluding hydrogens is 398 g/mol. The number of benzene rings is 2. The van der Waals surface area contributed by atoms with Crippen molar-refractivity contribution in [1.82, 2.24) is 29.7 Å². The Morgan fingerprint density at radius 1 is 1.06 bits per heavy atom. The summed E-state index contributed by atoms with van der Waals surface area (Å²) in [5, 5.41) is 3.44. The maximum atomic E-state index is 4.53. The number of nitrogens with zero attached hydrogens (tertiary/aromatic N) is 5. The van der Waals surface area contributed by atoms with Crippen molar-refractivity contribution in [2.24, 2.45) is 4.99 Å². The molecule has 0 aliphatic heterocycles. The molecule has 7 nitrogen and oxygen atoms in total. The van der Waals surface area contributed by atoms with Gasteiger partial charge in [0.1, 0.15) is 11.6 Å². The molecule has 2 N–H and O–H groups in total. The predicted octanol–water partition coefficient (Wildman–Crippen LogP) is 3.57. The summed E-state index contributed by atoms with van der Waals surface area (Å²) < 4.78 is 2.19. The molecule has 0 saturated carbocycles. The third-order valence-electron chi connectivity index (χ3n) is 5.30. The molecule has 32 heavy (non-hydrogen) atoms. The predicted molar refractivity (Wildman–Crippen MR) is 128 cm³/mol. The molecule has 0 amide bonds. The average Bonchev–Trinajstić information content (AvgIpc) is 3.47. The lowest BCUT2D eigenvalue weighted by Crippen LogP contribution is -2.39. The van der Waals surface area contributed by atoms with Crippen LogP contribution in [0.5, 0.6) is 0 Å². The van der Waals surface area contributed by atoms with Gasteiger partial charge in [-0.2, -0.15) is 0 Å². The van der Waals surface area contributed by atoms with Gasteiger partial charge in [-0.1, -0.05) is 60.7 Å². The Morgan fingerprint density at radius 3 is 2.56 bits per heavy atom. The van der Waals surface area contributed by atoms with Crippen molar-refractivity contribution in [3.05, 3.63) is 96.5 Å². The van der Waals surface area contributed by atoms with Gasteiger partial charge in [-0.25, -0.2) is 9.97 Å². The number of aromatic amines is 1. The second kappa shape index (κ2) is 10.4. The van der Waals surface area contributed by atoms with Crippen molar-refractivity contribution < 1.29 is 0 Å². The van der Waals surface area contributed by atoms with Gasteiger partial charge in [0.25, 0.3) is 0 Å². The number of nitrogens with one attached hydrogen (secondary N) is 2. The Hall–Kier alpha value is -3.87. The third kappa shape index (κ3) is 5.43. The van der Waals surface area contributed by atoms with Crippen LogP contribution < -0.4 is 5.32 Å². The molecule has 4 rings (SSSR count). The first-order chi connectivity index (χ1) is 15.7. The van der Waals surface area contributed by atoms with Gasteiger partial charge in [0, 0.05) is 46.0 Å². The number of imidazole rings is 2. The van der Waals surface area contributed by atoms with E-state index in [2.05, 4.69) is 71.1 Å². The van der Waals surface area contributed by atoms with Crippen LogP contribution in [-0.4, -0.2) is 51.0 Å². The summed E-state index contributed by atoms with van der Waals surface area (Å²) in [6, 6.07) is 20.6. The Kier molecular flexibility index (Phi) is 6.97. The molecule has 0 atom stereocenters. The fraction of sp³-hybridized carbons (Fsp3) is 0.240. The molecule has 0 bridgehead atoms. The molecule has 2 heterocycles. The number of H-pyrrole nitrogens is 1. The quantitative estimate of drug-likeness (QED) is 0.333. The summed E-state index contributed by atoms with van der Waals surface area (Å²) >= 11 is 0. The summed E-state index contributed by atoms with van der Waals surface area (Å²) in [5.41, 5.74) is 3.41. The number of hydrogen-bond acceptors (Lipinski definition) is 3. The number of rotatable bonds is 8. The van der Waals surface area contributed by atoms with Gasteiger partial charge in [0.05, 0.1) is 18.4 Å². The van der Waals surface area contributed by atoms with Crippen LogP contribution in [0.3, 0.4) is 0 Å². The summed E-state index contributed by atoms with van der Waals surface area (Å²) in [6.45, 7) is 2.21. The van der Waals surface area contributed by atoms with Gasteiger partial charge in [-0.15, -0.1) is 0 Å². The maximum absolute atomic E-state index is 4.53. The van der Waals surface area contributed by atoms with E-state index < -0.39 is 0 Å². The maximum Gasteiger partial charge on any atom is 0.193 e. The van der Waals surface area contributed by atoms with Crippen LogP contribution in [0.4, 0.5) is 0 Å². The third-order valence-corrected chi connectivity index (χ3v) is 5.30. The zero-order valence-electron chi connectivity index (χ0n) is 18.6. The highest BCUT2D eigenvalue weighted by molar-refractivity contribution is 5.79. The lowest BCUT2D eigenvalue weighted by Gasteiger charge is -2.21. The van der Waals surface area contributed by atoms with E-state index in [0.717, 1.165) is 48.4 Å². The second-order valence-electron chi connectivity index (χ2n) is 7.65. The zero-order chi connectivity index (χ0) is 22.2. The minimum absolute atomic E-state index is 0.634. The van der Waals surface area contributed by atoms with E-state index in [4.69, 9.17) is 0 Å². The Labute approximate surface area is 188 Å². The number of aromatic nitrogens is 4. The van der Waals surface area contributed by atoms with Gasteiger partial charge < -0.3 is 19.8 Å². The molecule has 7 heteroatoms. The van der Waals surface area contributed by atoms with E-state index in [1.807, 2.05) is 49.9 Å². The van der Waals surface area contributed by atoms with Gasteiger partial charge in [0.15, 0.2) is 5.96 Å². The number of guanidine groups is 1. The van der Waals surface area contributed by atoms with Crippen LogP contribution in [-0.2, 0) is 19.5 Å². The molecular formula is C25H29N7. The van der Waals surface area contributed by atoms with Gasteiger partial charge >= 0.3 is 0 Å². The zero-order valence-corrected chi connectivity index (χ0v) is 18.6. The molecule has 164 valence electrons. The lowest BCUT2D eigenvalue weighted by atomic mass is 10.2.